The van der Waals surface area contributed by atoms with E-state index in [0.29, 0.717) is 11.8 Å². The van der Waals surface area contributed by atoms with E-state index in [1.54, 1.807) is 6.20 Å². The van der Waals surface area contributed by atoms with Crippen molar-refractivity contribution in [2.75, 3.05) is 5.75 Å². The zero-order valence-corrected chi connectivity index (χ0v) is 15.9. The summed E-state index contributed by atoms with van der Waals surface area (Å²) in [6.07, 6.45) is 11.1. The molecule has 1 amide bonds. The van der Waals surface area contributed by atoms with Crippen LogP contribution in [0.4, 0.5) is 0 Å². The second-order valence-electron chi connectivity index (χ2n) is 6.91. The number of amides is 1. The van der Waals surface area contributed by atoms with Crippen molar-refractivity contribution in [3.05, 3.63) is 41.7 Å². The first kappa shape index (κ1) is 18.1. The number of nitrogens with zero attached hydrogens (tertiary/aromatic N) is 2. The first-order valence-electron chi connectivity index (χ1n) is 9.16. The van der Waals surface area contributed by atoms with Crippen molar-refractivity contribution < 1.29 is 4.79 Å². The van der Waals surface area contributed by atoms with Crippen LogP contribution in [-0.4, -0.2) is 27.3 Å². The van der Waals surface area contributed by atoms with Crippen LogP contribution < -0.4 is 5.32 Å². The predicted octanol–water partition coefficient (Wildman–Crippen LogP) is 4.42. The molecule has 25 heavy (non-hydrogen) atoms. The van der Waals surface area contributed by atoms with E-state index in [9.17, 15) is 4.79 Å². The average molecular weight is 358 g/mol. The molecule has 1 aromatic heterocycles. The summed E-state index contributed by atoms with van der Waals surface area (Å²) in [6.45, 7) is 4.20. The number of carbonyl (C=O) groups excluding carboxylic acids is 1. The number of imidazole rings is 1. The number of aromatic nitrogens is 2. The van der Waals surface area contributed by atoms with E-state index < -0.39 is 0 Å². The average Bonchev–Trinajstić information content (AvgIpc) is 2.89. The van der Waals surface area contributed by atoms with Gasteiger partial charge in [-0.3, -0.25) is 9.36 Å². The van der Waals surface area contributed by atoms with Crippen LogP contribution in [0.25, 0.3) is 5.69 Å². The molecular formula is C20H27N3OS. The molecule has 0 saturated heterocycles. The summed E-state index contributed by atoms with van der Waals surface area (Å²) in [6, 6.07) is 6.75. The lowest BCUT2D eigenvalue weighted by Crippen LogP contribution is -2.35. The minimum atomic E-state index is 0.118. The second-order valence-corrected chi connectivity index (χ2v) is 7.86. The molecule has 1 fully saturated rings. The Balaban J connectivity index is 1.60. The van der Waals surface area contributed by atoms with Gasteiger partial charge in [-0.1, -0.05) is 55.1 Å². The van der Waals surface area contributed by atoms with Gasteiger partial charge in [-0.25, -0.2) is 4.98 Å². The standard InChI is InChI=1S/C20H27N3OS/c1-15-9-10-18(16(2)13-15)23-12-11-21-20(23)25-14-19(24)22-17-7-5-3-4-6-8-17/h9-13,17H,3-8,14H2,1-2H3,(H,22,24). The molecule has 134 valence electrons. The maximum atomic E-state index is 12.3. The third kappa shape index (κ3) is 4.88. The highest BCUT2D eigenvalue weighted by atomic mass is 32.2. The number of benzene rings is 1. The van der Waals surface area contributed by atoms with Gasteiger partial charge in [-0.05, 0) is 38.3 Å². The SMILES string of the molecule is Cc1ccc(-n2ccnc2SCC(=O)NC2CCCCCC2)c(C)c1. The first-order valence-corrected chi connectivity index (χ1v) is 10.1. The molecular weight excluding hydrogens is 330 g/mol. The highest BCUT2D eigenvalue weighted by Crippen LogP contribution is 2.23. The maximum absolute atomic E-state index is 12.3. The van der Waals surface area contributed by atoms with Gasteiger partial charge in [0.05, 0.1) is 11.4 Å². The maximum Gasteiger partial charge on any atom is 0.230 e. The van der Waals surface area contributed by atoms with Crippen LogP contribution in [0, 0.1) is 13.8 Å². The van der Waals surface area contributed by atoms with E-state index >= 15 is 0 Å². The van der Waals surface area contributed by atoms with Crippen LogP contribution in [0.5, 0.6) is 0 Å². The smallest absolute Gasteiger partial charge is 0.230 e. The van der Waals surface area contributed by atoms with Gasteiger partial charge < -0.3 is 5.32 Å². The Hall–Kier alpha value is -1.75. The van der Waals surface area contributed by atoms with E-state index in [0.717, 1.165) is 23.7 Å². The number of rotatable bonds is 5. The third-order valence-corrected chi connectivity index (χ3v) is 5.74. The summed E-state index contributed by atoms with van der Waals surface area (Å²) in [7, 11) is 0. The number of carbonyl (C=O) groups is 1. The van der Waals surface area contributed by atoms with Gasteiger partial charge in [-0.15, -0.1) is 0 Å². The van der Waals surface area contributed by atoms with Crippen LogP contribution in [-0.2, 0) is 4.79 Å². The molecule has 1 N–H and O–H groups in total. The lowest BCUT2D eigenvalue weighted by atomic mass is 10.1. The molecule has 5 heteroatoms. The Kier molecular flexibility index (Phi) is 6.19. The minimum absolute atomic E-state index is 0.118. The summed E-state index contributed by atoms with van der Waals surface area (Å²) in [5.41, 5.74) is 3.58. The number of hydrogen-bond donors (Lipinski definition) is 1. The highest BCUT2D eigenvalue weighted by molar-refractivity contribution is 7.99. The zero-order valence-electron chi connectivity index (χ0n) is 15.1. The monoisotopic (exact) mass is 357 g/mol. The van der Waals surface area contributed by atoms with Crippen molar-refractivity contribution in [2.24, 2.45) is 0 Å². The molecule has 0 aliphatic heterocycles. The largest absolute Gasteiger partial charge is 0.353 e. The molecule has 0 spiro atoms. The number of nitrogens with one attached hydrogen (secondary N) is 1. The normalized spacial score (nSPS) is 15.8. The van der Waals surface area contributed by atoms with Crippen molar-refractivity contribution in [2.45, 2.75) is 63.6 Å². The van der Waals surface area contributed by atoms with Gasteiger partial charge in [0.15, 0.2) is 5.16 Å². The fraction of sp³-hybridized carbons (Fsp3) is 0.500. The van der Waals surface area contributed by atoms with Crippen molar-refractivity contribution in [3.63, 3.8) is 0 Å². The Morgan fingerprint density at radius 2 is 2.00 bits per heavy atom. The molecule has 1 saturated carbocycles. The Labute approximate surface area is 154 Å². The Bertz CT molecular complexity index is 717. The zero-order chi connectivity index (χ0) is 17.6. The summed E-state index contributed by atoms with van der Waals surface area (Å²) < 4.78 is 2.07. The van der Waals surface area contributed by atoms with E-state index in [1.165, 1.54) is 48.6 Å². The van der Waals surface area contributed by atoms with E-state index in [4.69, 9.17) is 0 Å². The lowest BCUT2D eigenvalue weighted by Gasteiger charge is -2.16. The molecule has 1 heterocycles. The van der Waals surface area contributed by atoms with Gasteiger partial charge in [0.25, 0.3) is 0 Å². The fourth-order valence-electron chi connectivity index (χ4n) is 3.48. The summed E-state index contributed by atoms with van der Waals surface area (Å²) in [5.74, 6) is 0.533. The molecule has 1 aromatic carbocycles. The molecule has 2 aromatic rings. The van der Waals surface area contributed by atoms with Crippen LogP contribution in [0.2, 0.25) is 0 Å². The van der Waals surface area contributed by atoms with Crippen LogP contribution in [0.15, 0.2) is 35.7 Å². The van der Waals surface area contributed by atoms with Gasteiger partial charge in [0.2, 0.25) is 5.91 Å². The molecule has 1 aliphatic rings. The summed E-state index contributed by atoms with van der Waals surface area (Å²) in [5, 5.41) is 4.07. The molecule has 0 bridgehead atoms. The van der Waals surface area contributed by atoms with Crippen LogP contribution in [0.3, 0.4) is 0 Å². The Morgan fingerprint density at radius 1 is 1.24 bits per heavy atom. The van der Waals surface area contributed by atoms with E-state index in [-0.39, 0.29) is 5.91 Å². The lowest BCUT2D eigenvalue weighted by molar-refractivity contribution is -0.119. The van der Waals surface area contributed by atoms with Gasteiger partial charge >= 0.3 is 0 Å². The topological polar surface area (TPSA) is 46.9 Å². The van der Waals surface area contributed by atoms with E-state index in [1.807, 2.05) is 6.20 Å². The van der Waals surface area contributed by atoms with Gasteiger partial charge in [0.1, 0.15) is 0 Å². The molecule has 0 unspecified atom stereocenters. The second kappa shape index (κ2) is 8.56. The summed E-state index contributed by atoms with van der Waals surface area (Å²) in [4.78, 5) is 16.7. The predicted molar refractivity (Wildman–Crippen MR) is 103 cm³/mol. The fourth-order valence-corrected chi connectivity index (χ4v) is 4.26. The first-order chi connectivity index (χ1) is 12.1. The molecule has 0 radical (unpaired) electrons. The van der Waals surface area contributed by atoms with Gasteiger partial charge in [0, 0.05) is 18.4 Å². The van der Waals surface area contributed by atoms with Crippen molar-refractivity contribution >= 4 is 17.7 Å². The minimum Gasteiger partial charge on any atom is -0.353 e. The van der Waals surface area contributed by atoms with Gasteiger partial charge in [-0.2, -0.15) is 0 Å². The highest BCUT2D eigenvalue weighted by Gasteiger charge is 2.16. The molecule has 0 atom stereocenters. The summed E-state index contributed by atoms with van der Waals surface area (Å²) >= 11 is 1.50. The van der Waals surface area contributed by atoms with Crippen molar-refractivity contribution in [1.29, 1.82) is 0 Å². The number of aryl methyl sites for hydroxylation is 2. The third-order valence-electron chi connectivity index (χ3n) is 4.77. The van der Waals surface area contributed by atoms with E-state index in [2.05, 4.69) is 46.9 Å². The quantitative estimate of drug-likeness (QED) is 0.636. The Morgan fingerprint density at radius 3 is 2.72 bits per heavy atom. The molecule has 3 rings (SSSR count). The molecule has 1 aliphatic carbocycles. The van der Waals surface area contributed by atoms with Crippen molar-refractivity contribution in [3.8, 4) is 5.69 Å². The van der Waals surface area contributed by atoms with Crippen LogP contribution >= 0.6 is 11.8 Å². The number of thioether (sulfide) groups is 1. The number of hydrogen-bond acceptors (Lipinski definition) is 3. The van der Waals surface area contributed by atoms with Crippen molar-refractivity contribution in [1.82, 2.24) is 14.9 Å². The molecule has 4 nitrogen and oxygen atoms in total. The van der Waals surface area contributed by atoms with Crippen LogP contribution in [0.1, 0.15) is 49.7 Å².